The van der Waals surface area contributed by atoms with Gasteiger partial charge in [0.2, 0.25) is 0 Å². The van der Waals surface area contributed by atoms with Gasteiger partial charge in [0, 0.05) is 12.6 Å². The summed E-state index contributed by atoms with van der Waals surface area (Å²) in [6.07, 6.45) is 6.37. The molecule has 0 aliphatic heterocycles. The second-order valence-corrected chi connectivity index (χ2v) is 3.25. The smallest absolute Gasteiger partial charge is 0.0683 e. The Bertz CT molecular complexity index is 173. The van der Waals surface area contributed by atoms with Crippen molar-refractivity contribution in [2.75, 3.05) is 13.7 Å². The summed E-state index contributed by atoms with van der Waals surface area (Å²) in [4.78, 5) is 2.15. The van der Waals surface area contributed by atoms with E-state index in [4.69, 9.17) is 11.5 Å². The Labute approximate surface area is 68.2 Å². The van der Waals surface area contributed by atoms with E-state index in [1.165, 1.54) is 0 Å². The fraction of sp³-hybridized carbons (Fsp3) is 0.778. The molecule has 0 saturated heterocycles. The van der Waals surface area contributed by atoms with Gasteiger partial charge in [-0.05, 0) is 26.3 Å². The van der Waals surface area contributed by atoms with Crippen LogP contribution in [0.1, 0.15) is 13.3 Å². The van der Waals surface area contributed by atoms with Crippen LogP contribution in [0.25, 0.3) is 0 Å². The van der Waals surface area contributed by atoms with Crippen LogP contribution in [0.4, 0.5) is 0 Å². The summed E-state index contributed by atoms with van der Waals surface area (Å²) >= 11 is 0. The maximum absolute atomic E-state index is 8.80. The molecule has 1 saturated carbocycles. The van der Waals surface area contributed by atoms with Crippen LogP contribution in [0.5, 0.6) is 0 Å². The lowest BCUT2D eigenvalue weighted by atomic mass is 10.3. The quantitative estimate of drug-likeness (QED) is 0.590. The highest BCUT2D eigenvalue weighted by Gasteiger charge is 2.40. The Balaban J connectivity index is 2.34. The van der Waals surface area contributed by atoms with Gasteiger partial charge in [0.25, 0.3) is 0 Å². The van der Waals surface area contributed by atoms with E-state index in [-0.39, 0.29) is 6.04 Å². The zero-order chi connectivity index (χ0) is 8.43. The molecule has 2 nitrogen and oxygen atoms in total. The van der Waals surface area contributed by atoms with Gasteiger partial charge in [0.1, 0.15) is 0 Å². The molecule has 0 amide bonds. The molecular weight excluding hydrogens is 138 g/mol. The van der Waals surface area contributed by atoms with Crippen molar-refractivity contribution in [2.24, 2.45) is 5.92 Å². The monoisotopic (exact) mass is 153 g/mol. The van der Waals surface area contributed by atoms with E-state index in [0.29, 0.717) is 18.6 Å². The van der Waals surface area contributed by atoms with Gasteiger partial charge in [0.15, 0.2) is 0 Å². The molecule has 0 bridgehead atoms. The normalized spacial score (nSPS) is 31.5. The predicted octanol–water partition coefficient (Wildman–Crippen LogP) is 0.321. The topological polar surface area (TPSA) is 23.5 Å². The second-order valence-electron chi connectivity index (χ2n) is 3.25. The molecule has 2 heteroatoms. The standard InChI is InChI=1S/C9H15NO/c1-4-7(2)10(3)9-5-8(9)6-11/h1,7-9,11H,5-6H2,2-3H3. The van der Waals surface area contributed by atoms with Crippen molar-refractivity contribution >= 4 is 0 Å². The average molecular weight is 153 g/mol. The zero-order valence-corrected chi connectivity index (χ0v) is 7.12. The van der Waals surface area contributed by atoms with Gasteiger partial charge in [-0.15, -0.1) is 6.42 Å². The summed E-state index contributed by atoms with van der Waals surface area (Å²) in [5.74, 6) is 3.14. The van der Waals surface area contributed by atoms with E-state index in [1.807, 2.05) is 14.0 Å². The Kier molecular flexibility index (Phi) is 2.53. The van der Waals surface area contributed by atoms with Crippen molar-refractivity contribution in [3.05, 3.63) is 0 Å². The van der Waals surface area contributed by atoms with Gasteiger partial charge in [-0.2, -0.15) is 0 Å². The highest BCUT2D eigenvalue weighted by molar-refractivity contribution is 5.03. The lowest BCUT2D eigenvalue weighted by Crippen LogP contribution is -2.31. The van der Waals surface area contributed by atoms with Crippen LogP contribution in [0.3, 0.4) is 0 Å². The zero-order valence-electron chi connectivity index (χ0n) is 7.12. The minimum absolute atomic E-state index is 0.191. The molecule has 1 fully saturated rings. The Morgan fingerprint density at radius 2 is 2.45 bits per heavy atom. The third kappa shape index (κ3) is 1.74. The molecular formula is C9H15NO. The molecule has 0 aromatic heterocycles. The molecule has 1 aliphatic carbocycles. The first kappa shape index (κ1) is 8.58. The molecule has 1 rings (SSSR count). The van der Waals surface area contributed by atoms with Crippen molar-refractivity contribution in [1.82, 2.24) is 4.90 Å². The molecule has 0 aromatic carbocycles. The van der Waals surface area contributed by atoms with Gasteiger partial charge < -0.3 is 5.11 Å². The molecule has 1 N–H and O–H groups in total. The number of hydrogen-bond donors (Lipinski definition) is 1. The maximum Gasteiger partial charge on any atom is 0.0683 e. The molecule has 0 heterocycles. The van der Waals surface area contributed by atoms with Crippen molar-refractivity contribution in [1.29, 1.82) is 0 Å². The van der Waals surface area contributed by atoms with E-state index in [0.717, 1.165) is 6.42 Å². The van der Waals surface area contributed by atoms with E-state index >= 15 is 0 Å². The highest BCUT2D eigenvalue weighted by atomic mass is 16.3. The third-order valence-corrected chi connectivity index (χ3v) is 2.50. The number of aliphatic hydroxyl groups is 1. The minimum Gasteiger partial charge on any atom is -0.396 e. The molecule has 0 spiro atoms. The molecule has 0 radical (unpaired) electrons. The summed E-state index contributed by atoms with van der Waals surface area (Å²) in [5, 5.41) is 8.80. The first-order valence-corrected chi connectivity index (χ1v) is 3.99. The van der Waals surface area contributed by atoms with Crippen LogP contribution in [0.2, 0.25) is 0 Å². The van der Waals surface area contributed by atoms with Gasteiger partial charge in [-0.3, -0.25) is 4.90 Å². The summed E-state index contributed by atoms with van der Waals surface area (Å²) < 4.78 is 0. The highest BCUT2D eigenvalue weighted by Crippen LogP contribution is 2.34. The van der Waals surface area contributed by atoms with Crippen molar-refractivity contribution in [2.45, 2.75) is 25.4 Å². The predicted molar refractivity (Wildman–Crippen MR) is 45.0 cm³/mol. The van der Waals surface area contributed by atoms with E-state index in [9.17, 15) is 0 Å². The van der Waals surface area contributed by atoms with Gasteiger partial charge >= 0.3 is 0 Å². The number of nitrogens with zero attached hydrogens (tertiary/aromatic N) is 1. The summed E-state index contributed by atoms with van der Waals surface area (Å²) in [6, 6.07) is 0.711. The van der Waals surface area contributed by atoms with Gasteiger partial charge in [-0.1, -0.05) is 5.92 Å². The van der Waals surface area contributed by atoms with E-state index in [1.54, 1.807) is 0 Å². The molecule has 11 heavy (non-hydrogen) atoms. The first-order chi connectivity index (χ1) is 5.20. The molecule has 3 unspecified atom stereocenters. The third-order valence-electron chi connectivity index (χ3n) is 2.50. The molecule has 3 atom stereocenters. The minimum atomic E-state index is 0.191. The summed E-state index contributed by atoms with van der Waals surface area (Å²) in [6.45, 7) is 2.30. The van der Waals surface area contributed by atoms with Crippen LogP contribution in [-0.2, 0) is 0 Å². The molecule has 0 aromatic rings. The van der Waals surface area contributed by atoms with Crippen LogP contribution in [0, 0.1) is 18.3 Å². The lowest BCUT2D eigenvalue weighted by Gasteiger charge is -2.19. The van der Waals surface area contributed by atoms with E-state index in [2.05, 4.69) is 10.8 Å². The van der Waals surface area contributed by atoms with Crippen LogP contribution >= 0.6 is 0 Å². The summed E-state index contributed by atoms with van der Waals surface area (Å²) in [5.41, 5.74) is 0. The van der Waals surface area contributed by atoms with Gasteiger partial charge in [0.05, 0.1) is 6.04 Å². The molecule has 1 aliphatic rings. The van der Waals surface area contributed by atoms with Crippen LogP contribution in [-0.4, -0.2) is 35.7 Å². The fourth-order valence-electron chi connectivity index (χ4n) is 1.33. The number of aliphatic hydroxyl groups excluding tert-OH is 1. The van der Waals surface area contributed by atoms with Crippen LogP contribution in [0.15, 0.2) is 0 Å². The van der Waals surface area contributed by atoms with Gasteiger partial charge in [-0.25, -0.2) is 0 Å². The Morgan fingerprint density at radius 3 is 2.82 bits per heavy atom. The number of terminal acetylenes is 1. The average Bonchev–Trinajstić information content (AvgIpc) is 2.80. The summed E-state index contributed by atoms with van der Waals surface area (Å²) in [7, 11) is 2.02. The number of hydrogen-bond acceptors (Lipinski definition) is 2. The maximum atomic E-state index is 8.80. The van der Waals surface area contributed by atoms with Crippen LogP contribution < -0.4 is 0 Å². The SMILES string of the molecule is C#CC(C)N(C)C1CC1CO. The number of rotatable bonds is 3. The Morgan fingerprint density at radius 1 is 1.82 bits per heavy atom. The van der Waals surface area contributed by atoms with E-state index < -0.39 is 0 Å². The van der Waals surface area contributed by atoms with Crippen molar-refractivity contribution in [3.63, 3.8) is 0 Å². The largest absolute Gasteiger partial charge is 0.396 e. The second kappa shape index (κ2) is 3.25. The van der Waals surface area contributed by atoms with Crippen molar-refractivity contribution < 1.29 is 5.11 Å². The first-order valence-electron chi connectivity index (χ1n) is 3.99. The lowest BCUT2D eigenvalue weighted by molar-refractivity contribution is 0.229. The molecule has 62 valence electrons. The fourth-order valence-corrected chi connectivity index (χ4v) is 1.33. The Hall–Kier alpha value is -0.520. The van der Waals surface area contributed by atoms with Crippen molar-refractivity contribution in [3.8, 4) is 12.3 Å².